The minimum absolute atomic E-state index is 0. The summed E-state index contributed by atoms with van der Waals surface area (Å²) >= 11 is 3.57. The number of nitrogens with one attached hydrogen (secondary N) is 1. The molecule has 2 aromatic rings. The fraction of sp³-hybridized carbons (Fsp3) is 0.600. The molecule has 0 aliphatic carbocycles. The number of thiazole rings is 1. The Morgan fingerprint density at radius 1 is 1.34 bits per heavy atom. The summed E-state index contributed by atoms with van der Waals surface area (Å²) in [5.74, 6) is 0.930. The smallest absolute Gasteiger partial charge is 0.194 e. The molecule has 1 saturated heterocycles. The van der Waals surface area contributed by atoms with Gasteiger partial charge in [0.05, 0.1) is 43.0 Å². The van der Waals surface area contributed by atoms with E-state index in [9.17, 15) is 0 Å². The number of ether oxygens (including phenoxy) is 1. The zero-order valence-corrected chi connectivity index (χ0v) is 21.6. The lowest BCUT2D eigenvalue weighted by Crippen LogP contribution is -2.42. The molecule has 0 bridgehead atoms. The SMILES string of the molecule is CCNC(=NCC(c1ccc(C)s1)N1CCOCC1)N(C)Cc1csc(C)n1.I. The predicted molar refractivity (Wildman–Crippen MR) is 134 cm³/mol. The number of halogens is 1. The molecule has 1 atom stereocenters. The summed E-state index contributed by atoms with van der Waals surface area (Å²) in [5, 5.41) is 6.66. The summed E-state index contributed by atoms with van der Waals surface area (Å²) in [6.45, 7) is 12.2. The van der Waals surface area contributed by atoms with Crippen LogP contribution in [-0.2, 0) is 11.3 Å². The van der Waals surface area contributed by atoms with Crippen LogP contribution in [0.25, 0.3) is 0 Å². The van der Waals surface area contributed by atoms with E-state index in [0.29, 0.717) is 6.04 Å². The molecule has 3 heterocycles. The van der Waals surface area contributed by atoms with Gasteiger partial charge in [-0.25, -0.2) is 4.98 Å². The van der Waals surface area contributed by atoms with Crippen molar-refractivity contribution in [3.05, 3.63) is 38.0 Å². The van der Waals surface area contributed by atoms with E-state index in [1.165, 1.54) is 9.75 Å². The van der Waals surface area contributed by atoms with Gasteiger partial charge in [-0.15, -0.1) is 46.7 Å². The summed E-state index contributed by atoms with van der Waals surface area (Å²) < 4.78 is 5.56. The summed E-state index contributed by atoms with van der Waals surface area (Å²) in [7, 11) is 2.08. The van der Waals surface area contributed by atoms with Gasteiger partial charge in [0.2, 0.25) is 0 Å². The van der Waals surface area contributed by atoms with Gasteiger partial charge in [-0.1, -0.05) is 0 Å². The van der Waals surface area contributed by atoms with Gasteiger partial charge < -0.3 is 15.0 Å². The molecule has 0 aromatic carbocycles. The third kappa shape index (κ3) is 7.16. The average molecular weight is 550 g/mol. The first-order valence-corrected chi connectivity index (χ1v) is 11.5. The second kappa shape index (κ2) is 12.2. The second-order valence-electron chi connectivity index (χ2n) is 7.02. The average Bonchev–Trinajstić information content (AvgIpc) is 3.30. The Balaban J connectivity index is 0.00000300. The van der Waals surface area contributed by atoms with Crippen molar-refractivity contribution in [3.63, 3.8) is 0 Å². The Morgan fingerprint density at radius 2 is 2.10 bits per heavy atom. The van der Waals surface area contributed by atoms with Gasteiger partial charge >= 0.3 is 0 Å². The van der Waals surface area contributed by atoms with Gasteiger partial charge in [-0.3, -0.25) is 9.89 Å². The molecule has 1 fully saturated rings. The maximum absolute atomic E-state index is 5.56. The molecule has 0 amide bonds. The Hall–Kier alpha value is -0.750. The van der Waals surface area contributed by atoms with Crippen LogP contribution in [0, 0.1) is 13.8 Å². The van der Waals surface area contributed by atoms with Crippen LogP contribution >= 0.6 is 46.7 Å². The van der Waals surface area contributed by atoms with Gasteiger partial charge in [0.1, 0.15) is 0 Å². The Bertz CT molecular complexity index is 773. The molecule has 2 aromatic heterocycles. The first-order chi connectivity index (χ1) is 13.6. The minimum Gasteiger partial charge on any atom is -0.379 e. The van der Waals surface area contributed by atoms with Crippen LogP contribution in [0.3, 0.4) is 0 Å². The maximum Gasteiger partial charge on any atom is 0.194 e. The first kappa shape index (κ1) is 24.5. The quantitative estimate of drug-likeness (QED) is 0.323. The highest BCUT2D eigenvalue weighted by Gasteiger charge is 2.24. The van der Waals surface area contributed by atoms with E-state index in [1.54, 1.807) is 11.3 Å². The fourth-order valence-corrected chi connectivity index (χ4v) is 4.96. The largest absolute Gasteiger partial charge is 0.379 e. The highest BCUT2D eigenvalue weighted by Crippen LogP contribution is 2.28. The molecule has 6 nitrogen and oxygen atoms in total. The monoisotopic (exact) mass is 549 g/mol. The number of aromatic nitrogens is 1. The Morgan fingerprint density at radius 3 is 2.69 bits per heavy atom. The number of guanidine groups is 1. The molecule has 3 rings (SSSR count). The van der Waals surface area contributed by atoms with E-state index in [-0.39, 0.29) is 24.0 Å². The van der Waals surface area contributed by atoms with E-state index < -0.39 is 0 Å². The lowest BCUT2D eigenvalue weighted by Gasteiger charge is -2.33. The summed E-state index contributed by atoms with van der Waals surface area (Å²) in [6, 6.07) is 4.76. The maximum atomic E-state index is 5.56. The van der Waals surface area contributed by atoms with E-state index in [1.807, 2.05) is 18.3 Å². The van der Waals surface area contributed by atoms with Crippen LogP contribution in [0.15, 0.2) is 22.5 Å². The van der Waals surface area contributed by atoms with Crippen molar-refractivity contribution in [2.24, 2.45) is 4.99 Å². The van der Waals surface area contributed by atoms with Crippen molar-refractivity contribution in [2.75, 3.05) is 46.4 Å². The predicted octanol–water partition coefficient (Wildman–Crippen LogP) is 3.91. The Labute approximate surface area is 199 Å². The lowest BCUT2D eigenvalue weighted by atomic mass is 10.2. The molecule has 9 heteroatoms. The van der Waals surface area contributed by atoms with Gasteiger partial charge in [0, 0.05) is 41.8 Å². The van der Waals surface area contributed by atoms with Crippen LogP contribution in [0.1, 0.15) is 33.4 Å². The third-order valence-corrected chi connectivity index (χ3v) is 6.68. The molecule has 1 unspecified atom stereocenters. The van der Waals surface area contributed by atoms with Gasteiger partial charge in [0.15, 0.2) is 5.96 Å². The fourth-order valence-electron chi connectivity index (χ4n) is 3.35. The van der Waals surface area contributed by atoms with Crippen molar-refractivity contribution >= 4 is 52.6 Å². The van der Waals surface area contributed by atoms with E-state index in [0.717, 1.165) is 62.6 Å². The molecular weight excluding hydrogens is 517 g/mol. The van der Waals surface area contributed by atoms with Crippen LogP contribution in [0.2, 0.25) is 0 Å². The normalized spacial score (nSPS) is 16.3. The summed E-state index contributed by atoms with van der Waals surface area (Å²) in [6.07, 6.45) is 0. The molecule has 1 aliphatic rings. The zero-order valence-electron chi connectivity index (χ0n) is 17.7. The molecule has 0 radical (unpaired) electrons. The number of morpholine rings is 1. The molecule has 29 heavy (non-hydrogen) atoms. The molecule has 0 spiro atoms. The van der Waals surface area contributed by atoms with Crippen molar-refractivity contribution in [1.29, 1.82) is 0 Å². The summed E-state index contributed by atoms with van der Waals surface area (Å²) in [4.78, 5) is 17.0. The number of aryl methyl sites for hydroxylation is 2. The first-order valence-electron chi connectivity index (χ1n) is 9.85. The van der Waals surface area contributed by atoms with Crippen molar-refractivity contribution in [3.8, 4) is 0 Å². The lowest BCUT2D eigenvalue weighted by molar-refractivity contribution is 0.0186. The molecule has 1 N–H and O–H groups in total. The number of hydrogen-bond acceptors (Lipinski definition) is 6. The van der Waals surface area contributed by atoms with Crippen LogP contribution in [0.5, 0.6) is 0 Å². The van der Waals surface area contributed by atoms with E-state index >= 15 is 0 Å². The van der Waals surface area contributed by atoms with Crippen molar-refractivity contribution < 1.29 is 4.74 Å². The third-order valence-electron chi connectivity index (χ3n) is 4.75. The van der Waals surface area contributed by atoms with Crippen LogP contribution < -0.4 is 5.32 Å². The number of hydrogen-bond donors (Lipinski definition) is 1. The van der Waals surface area contributed by atoms with Crippen molar-refractivity contribution in [2.45, 2.75) is 33.4 Å². The summed E-state index contributed by atoms with van der Waals surface area (Å²) in [5.41, 5.74) is 1.09. The second-order valence-corrected chi connectivity index (χ2v) is 9.40. The molecular formula is C20H32IN5OS2. The van der Waals surface area contributed by atoms with E-state index in [2.05, 4.69) is 58.5 Å². The highest BCUT2D eigenvalue weighted by atomic mass is 127. The number of rotatable bonds is 7. The van der Waals surface area contributed by atoms with Gasteiger partial charge in [-0.05, 0) is 32.9 Å². The molecule has 0 saturated carbocycles. The molecule has 1 aliphatic heterocycles. The highest BCUT2D eigenvalue weighted by molar-refractivity contribution is 14.0. The number of nitrogens with zero attached hydrogens (tertiary/aromatic N) is 4. The minimum atomic E-state index is 0. The van der Waals surface area contributed by atoms with Gasteiger partial charge in [0.25, 0.3) is 0 Å². The van der Waals surface area contributed by atoms with Crippen LogP contribution in [-0.4, -0.2) is 67.2 Å². The molecule has 162 valence electrons. The van der Waals surface area contributed by atoms with Crippen LogP contribution in [0.4, 0.5) is 0 Å². The Kier molecular flexibility index (Phi) is 10.3. The van der Waals surface area contributed by atoms with Crippen molar-refractivity contribution in [1.82, 2.24) is 20.1 Å². The number of aliphatic imine (C=N–C) groups is 1. The number of thiophene rings is 1. The topological polar surface area (TPSA) is 53.0 Å². The van der Waals surface area contributed by atoms with Gasteiger partial charge in [-0.2, -0.15) is 0 Å². The zero-order chi connectivity index (χ0) is 19.9. The standard InChI is InChI=1S/C20H31N5OS2.HI/c1-5-21-20(24(4)13-17-14-27-16(3)23-17)22-12-18(19-7-6-15(2)28-19)25-8-10-26-11-9-25;/h6-7,14,18H,5,8-13H2,1-4H3,(H,21,22);1H. The van der Waals surface area contributed by atoms with E-state index in [4.69, 9.17) is 9.73 Å².